The van der Waals surface area contributed by atoms with Gasteiger partial charge in [-0.3, -0.25) is 4.90 Å². The number of ether oxygens (including phenoxy) is 2. The van der Waals surface area contributed by atoms with Crippen LogP contribution in [0.5, 0.6) is 11.5 Å². The molecule has 0 bridgehead atoms. The van der Waals surface area contributed by atoms with Crippen LogP contribution in [0.25, 0.3) is 0 Å². The van der Waals surface area contributed by atoms with E-state index in [-0.39, 0.29) is 22.0 Å². The lowest BCUT2D eigenvalue weighted by atomic mass is 10.1. The van der Waals surface area contributed by atoms with Crippen LogP contribution in [0.4, 0.5) is 29.3 Å². The van der Waals surface area contributed by atoms with Crippen LogP contribution < -0.4 is 18.7 Å². The van der Waals surface area contributed by atoms with Crippen molar-refractivity contribution in [3.63, 3.8) is 0 Å². The molecule has 1 aliphatic rings. The number of benzene rings is 3. The summed E-state index contributed by atoms with van der Waals surface area (Å²) in [6.07, 6.45) is 0. The van der Waals surface area contributed by atoms with E-state index in [4.69, 9.17) is 9.47 Å². The van der Waals surface area contributed by atoms with Crippen LogP contribution in [-0.4, -0.2) is 28.7 Å². The number of urea groups is 1. The number of carbonyl (C=O) groups excluding carboxylic acids is 1. The number of amides is 2. The molecule has 33 heavy (non-hydrogen) atoms. The lowest BCUT2D eigenvalue weighted by molar-refractivity contribution is 0.253. The molecular formula is C22H17F3N2O5S. The van der Waals surface area contributed by atoms with Crippen LogP contribution in [0.3, 0.4) is 0 Å². The van der Waals surface area contributed by atoms with Crippen LogP contribution in [0.1, 0.15) is 5.56 Å². The third-order valence-electron chi connectivity index (χ3n) is 5.10. The first kappa shape index (κ1) is 22.5. The molecule has 4 rings (SSSR count). The average molecular weight is 478 g/mol. The minimum absolute atomic E-state index is 0.0673. The van der Waals surface area contributed by atoms with Crippen molar-refractivity contribution in [1.29, 1.82) is 0 Å². The summed E-state index contributed by atoms with van der Waals surface area (Å²) in [7, 11) is -1.65. The number of rotatable bonds is 5. The summed E-state index contributed by atoms with van der Waals surface area (Å²) in [4.78, 5) is 14.1. The van der Waals surface area contributed by atoms with E-state index in [1.54, 1.807) is 0 Å². The van der Waals surface area contributed by atoms with Crippen LogP contribution in [-0.2, 0) is 16.6 Å². The highest BCUT2D eigenvalue weighted by Gasteiger charge is 2.43. The molecule has 3 aromatic rings. The van der Waals surface area contributed by atoms with Crippen molar-refractivity contribution in [2.24, 2.45) is 0 Å². The second-order valence-electron chi connectivity index (χ2n) is 6.99. The maximum absolute atomic E-state index is 14.3. The molecule has 1 aliphatic heterocycles. The van der Waals surface area contributed by atoms with Crippen LogP contribution >= 0.6 is 0 Å². The largest absolute Gasteiger partial charge is 0.493 e. The Labute approximate surface area is 187 Å². The molecule has 0 N–H and O–H groups in total. The number of fused-ring (bicyclic) bond motifs is 1. The minimum Gasteiger partial charge on any atom is -0.493 e. The maximum Gasteiger partial charge on any atom is 0.343 e. The van der Waals surface area contributed by atoms with Gasteiger partial charge in [-0.2, -0.15) is 4.31 Å². The lowest BCUT2D eigenvalue weighted by Crippen LogP contribution is -2.50. The van der Waals surface area contributed by atoms with Gasteiger partial charge < -0.3 is 9.47 Å². The number of para-hydroxylation sites is 1. The highest BCUT2D eigenvalue weighted by molar-refractivity contribution is 7.94. The number of halogens is 3. The fraction of sp³-hybridized carbons (Fsp3) is 0.136. The smallest absolute Gasteiger partial charge is 0.343 e. The summed E-state index contributed by atoms with van der Waals surface area (Å²) >= 11 is 0. The van der Waals surface area contributed by atoms with Gasteiger partial charge in [-0.05, 0) is 24.3 Å². The van der Waals surface area contributed by atoms with Crippen molar-refractivity contribution in [3.8, 4) is 11.5 Å². The Morgan fingerprint density at radius 2 is 1.52 bits per heavy atom. The Morgan fingerprint density at radius 3 is 2.15 bits per heavy atom. The Kier molecular flexibility index (Phi) is 5.66. The molecule has 1 heterocycles. The molecule has 172 valence electrons. The van der Waals surface area contributed by atoms with Crippen LogP contribution in [0.2, 0.25) is 0 Å². The quantitative estimate of drug-likeness (QED) is 0.542. The summed E-state index contributed by atoms with van der Waals surface area (Å²) in [5, 5.41) is 0. The van der Waals surface area contributed by atoms with Crippen LogP contribution in [0.15, 0.2) is 59.5 Å². The molecule has 11 heteroatoms. The van der Waals surface area contributed by atoms with Gasteiger partial charge in [-0.15, -0.1) is 0 Å². The summed E-state index contributed by atoms with van der Waals surface area (Å²) in [6, 6.07) is 9.50. The van der Waals surface area contributed by atoms with Crippen molar-refractivity contribution in [2.45, 2.75) is 11.4 Å². The summed E-state index contributed by atoms with van der Waals surface area (Å²) in [5.74, 6) is -3.06. The Hall–Kier alpha value is -3.73. The standard InChI is InChI=1S/C22H17F3N2O5S/c1-31-19-8-7-14(11-20(19)32-2)27-22(28)26(12-15-16(24)9-13(23)10-17(15)25)18-5-3-4-6-21(18)33(27,29)30/h3-11H,12H2,1-2H3. The predicted octanol–water partition coefficient (Wildman–Crippen LogP) is 4.46. The van der Waals surface area contributed by atoms with E-state index in [0.29, 0.717) is 22.2 Å². The van der Waals surface area contributed by atoms with Crippen LogP contribution in [0, 0.1) is 17.5 Å². The number of hydrogen-bond donors (Lipinski definition) is 0. The van der Waals surface area contributed by atoms with Gasteiger partial charge in [0, 0.05) is 23.8 Å². The van der Waals surface area contributed by atoms with Gasteiger partial charge in [-0.25, -0.2) is 26.4 Å². The second kappa shape index (κ2) is 8.32. The number of methoxy groups -OCH3 is 2. The molecule has 3 aromatic carbocycles. The van der Waals surface area contributed by atoms with Crippen molar-refractivity contribution < 1.29 is 35.9 Å². The molecule has 0 atom stereocenters. The third kappa shape index (κ3) is 3.74. The zero-order valence-corrected chi connectivity index (χ0v) is 18.2. The normalized spacial score (nSPS) is 14.8. The first-order chi connectivity index (χ1) is 15.7. The molecule has 7 nitrogen and oxygen atoms in total. The van der Waals surface area contributed by atoms with Gasteiger partial charge in [0.15, 0.2) is 11.5 Å². The molecule has 0 aliphatic carbocycles. The fourth-order valence-corrected chi connectivity index (χ4v) is 5.13. The lowest BCUT2D eigenvalue weighted by Gasteiger charge is -2.36. The summed E-state index contributed by atoms with van der Waals surface area (Å²) < 4.78 is 79.6. The highest BCUT2D eigenvalue weighted by Crippen LogP contribution is 2.40. The van der Waals surface area contributed by atoms with Crippen molar-refractivity contribution in [3.05, 3.63) is 77.6 Å². The van der Waals surface area contributed by atoms with E-state index in [1.807, 2.05) is 0 Å². The molecule has 0 aromatic heterocycles. The molecule has 0 fully saturated rings. The molecule has 0 saturated heterocycles. The third-order valence-corrected chi connectivity index (χ3v) is 6.85. The Morgan fingerprint density at radius 1 is 0.879 bits per heavy atom. The number of sulfonamides is 1. The zero-order valence-electron chi connectivity index (χ0n) is 17.4. The Bertz CT molecular complexity index is 1340. The number of anilines is 2. The van der Waals surface area contributed by atoms with Gasteiger partial charge in [0.2, 0.25) is 0 Å². The monoisotopic (exact) mass is 478 g/mol. The van der Waals surface area contributed by atoms with E-state index < -0.39 is 45.6 Å². The van der Waals surface area contributed by atoms with Gasteiger partial charge >= 0.3 is 6.03 Å². The molecule has 0 unspecified atom stereocenters. The van der Waals surface area contributed by atoms with E-state index >= 15 is 0 Å². The molecular weight excluding hydrogens is 461 g/mol. The van der Waals surface area contributed by atoms with Gasteiger partial charge in [0.25, 0.3) is 10.0 Å². The average Bonchev–Trinajstić information content (AvgIpc) is 2.77. The Balaban J connectivity index is 1.89. The predicted molar refractivity (Wildman–Crippen MR) is 114 cm³/mol. The number of carbonyl (C=O) groups is 1. The zero-order chi connectivity index (χ0) is 23.9. The van der Waals surface area contributed by atoms with E-state index in [9.17, 15) is 26.4 Å². The summed E-state index contributed by atoms with van der Waals surface area (Å²) in [6.45, 7) is -0.674. The van der Waals surface area contributed by atoms with E-state index in [0.717, 1.165) is 4.90 Å². The molecule has 0 saturated carbocycles. The first-order valence-corrected chi connectivity index (χ1v) is 10.9. The van der Waals surface area contributed by atoms with Crippen molar-refractivity contribution in [1.82, 2.24) is 0 Å². The minimum atomic E-state index is -4.38. The second-order valence-corrected chi connectivity index (χ2v) is 8.75. The number of nitrogens with zero attached hydrogens (tertiary/aromatic N) is 2. The van der Waals surface area contributed by atoms with E-state index in [1.165, 1.54) is 56.7 Å². The van der Waals surface area contributed by atoms with E-state index in [2.05, 4.69) is 0 Å². The first-order valence-electron chi connectivity index (χ1n) is 9.50. The van der Waals surface area contributed by atoms with Crippen molar-refractivity contribution in [2.75, 3.05) is 23.4 Å². The molecule has 2 amide bonds. The van der Waals surface area contributed by atoms with Gasteiger partial charge in [0.1, 0.15) is 22.3 Å². The molecule has 0 radical (unpaired) electrons. The fourth-order valence-electron chi connectivity index (χ4n) is 3.55. The summed E-state index contributed by atoms with van der Waals surface area (Å²) in [5.41, 5.74) is -0.731. The molecule has 0 spiro atoms. The van der Waals surface area contributed by atoms with Gasteiger partial charge in [-0.1, -0.05) is 12.1 Å². The maximum atomic E-state index is 14.3. The SMILES string of the molecule is COc1ccc(N2C(=O)N(Cc3c(F)cc(F)cc3F)c3ccccc3S2(=O)=O)cc1OC. The highest BCUT2D eigenvalue weighted by atomic mass is 32.2. The number of hydrogen-bond acceptors (Lipinski definition) is 5. The van der Waals surface area contributed by atoms with Crippen molar-refractivity contribution >= 4 is 27.4 Å². The van der Waals surface area contributed by atoms with Gasteiger partial charge in [0.05, 0.1) is 32.1 Å². The topological polar surface area (TPSA) is 76.2 Å².